The van der Waals surface area contributed by atoms with Gasteiger partial charge in [-0.15, -0.1) is 12.4 Å². The maximum Gasteiger partial charge on any atom is 0.000263 e. The average molecular weight is 178 g/mol. The van der Waals surface area contributed by atoms with Gasteiger partial charge in [-0.3, -0.25) is 0 Å². The van der Waals surface area contributed by atoms with Crippen molar-refractivity contribution < 1.29 is 0 Å². The van der Waals surface area contributed by atoms with E-state index in [2.05, 4.69) is 26.1 Å². The highest BCUT2D eigenvalue weighted by Gasteiger charge is 2.21. The fraction of sp³-hybridized carbons (Fsp3) is 1.00. The van der Waals surface area contributed by atoms with E-state index in [4.69, 9.17) is 0 Å². The second-order valence-electron chi connectivity index (χ2n) is 4.44. The Labute approximate surface area is 76.4 Å². The van der Waals surface area contributed by atoms with Gasteiger partial charge in [-0.25, -0.2) is 0 Å². The van der Waals surface area contributed by atoms with Gasteiger partial charge in [0.15, 0.2) is 0 Å². The van der Waals surface area contributed by atoms with Gasteiger partial charge >= 0.3 is 0 Å². The first-order valence-corrected chi connectivity index (χ1v) is 4.31. The summed E-state index contributed by atoms with van der Waals surface area (Å²) in [6, 6.07) is 0. The van der Waals surface area contributed by atoms with E-state index >= 15 is 0 Å². The summed E-state index contributed by atoms with van der Waals surface area (Å²) >= 11 is 0. The highest BCUT2D eigenvalue weighted by molar-refractivity contribution is 5.85. The van der Waals surface area contributed by atoms with Crippen molar-refractivity contribution in [3.63, 3.8) is 0 Å². The number of hydrogen-bond acceptors (Lipinski definition) is 1. The number of rotatable bonds is 0. The topological polar surface area (TPSA) is 12.0 Å². The summed E-state index contributed by atoms with van der Waals surface area (Å²) in [5.41, 5.74) is 0.532. The van der Waals surface area contributed by atoms with E-state index in [9.17, 15) is 0 Å². The van der Waals surface area contributed by atoms with Crippen LogP contribution in [0.4, 0.5) is 0 Å². The quantitative estimate of drug-likeness (QED) is 0.600. The standard InChI is InChI=1S/C9H19N.ClH/c1-8-4-5-9(2,3)7-10-6-8;/h8,10H,4-7H2,1-3H3;1H. The van der Waals surface area contributed by atoms with Gasteiger partial charge in [-0.2, -0.15) is 0 Å². The molecule has 1 aliphatic rings. The van der Waals surface area contributed by atoms with Gasteiger partial charge in [0.25, 0.3) is 0 Å². The molecule has 0 aromatic heterocycles. The molecule has 1 nitrogen and oxygen atoms in total. The van der Waals surface area contributed by atoms with Crippen LogP contribution in [0.2, 0.25) is 0 Å². The second-order valence-corrected chi connectivity index (χ2v) is 4.44. The third-order valence-corrected chi connectivity index (χ3v) is 2.41. The molecule has 0 aliphatic carbocycles. The van der Waals surface area contributed by atoms with Crippen LogP contribution in [-0.4, -0.2) is 13.1 Å². The predicted molar refractivity (Wildman–Crippen MR) is 52.3 cm³/mol. The van der Waals surface area contributed by atoms with Crippen molar-refractivity contribution in [2.75, 3.05) is 13.1 Å². The van der Waals surface area contributed by atoms with Crippen molar-refractivity contribution in [3.8, 4) is 0 Å². The highest BCUT2D eigenvalue weighted by atomic mass is 35.5. The van der Waals surface area contributed by atoms with Crippen LogP contribution >= 0.6 is 12.4 Å². The Morgan fingerprint density at radius 2 is 2.00 bits per heavy atom. The van der Waals surface area contributed by atoms with E-state index in [0.29, 0.717) is 5.41 Å². The Morgan fingerprint density at radius 3 is 2.64 bits per heavy atom. The Bertz CT molecular complexity index is 112. The third kappa shape index (κ3) is 3.97. The molecule has 0 saturated carbocycles. The van der Waals surface area contributed by atoms with E-state index in [0.717, 1.165) is 5.92 Å². The Balaban J connectivity index is 0.000001000. The first kappa shape index (κ1) is 11.2. The highest BCUT2D eigenvalue weighted by Crippen LogP contribution is 2.25. The number of halogens is 1. The fourth-order valence-electron chi connectivity index (χ4n) is 1.48. The maximum absolute atomic E-state index is 3.49. The van der Waals surface area contributed by atoms with Crippen LogP contribution in [0, 0.1) is 11.3 Å². The van der Waals surface area contributed by atoms with E-state index in [1.807, 2.05) is 0 Å². The molecule has 2 heteroatoms. The van der Waals surface area contributed by atoms with E-state index in [-0.39, 0.29) is 12.4 Å². The van der Waals surface area contributed by atoms with Gasteiger partial charge < -0.3 is 5.32 Å². The molecule has 11 heavy (non-hydrogen) atoms. The number of nitrogens with one attached hydrogen (secondary N) is 1. The monoisotopic (exact) mass is 177 g/mol. The average Bonchev–Trinajstić information content (AvgIpc) is 1.94. The van der Waals surface area contributed by atoms with E-state index < -0.39 is 0 Å². The van der Waals surface area contributed by atoms with Crippen molar-refractivity contribution in [2.45, 2.75) is 33.6 Å². The molecule has 0 bridgehead atoms. The molecule has 1 rings (SSSR count). The largest absolute Gasteiger partial charge is 0.316 e. The lowest BCUT2D eigenvalue weighted by Gasteiger charge is -2.21. The Hall–Kier alpha value is 0.250. The summed E-state index contributed by atoms with van der Waals surface area (Å²) in [5.74, 6) is 0.877. The van der Waals surface area contributed by atoms with Crippen LogP contribution in [0.3, 0.4) is 0 Å². The number of hydrogen-bond donors (Lipinski definition) is 1. The van der Waals surface area contributed by atoms with Crippen molar-refractivity contribution in [1.29, 1.82) is 0 Å². The van der Waals surface area contributed by atoms with Crippen LogP contribution in [0.15, 0.2) is 0 Å². The molecule has 0 radical (unpaired) electrons. The summed E-state index contributed by atoms with van der Waals surface area (Å²) in [4.78, 5) is 0. The molecule has 1 heterocycles. The summed E-state index contributed by atoms with van der Waals surface area (Å²) in [5, 5.41) is 3.49. The molecule has 1 saturated heterocycles. The van der Waals surface area contributed by atoms with Gasteiger partial charge in [0.1, 0.15) is 0 Å². The van der Waals surface area contributed by atoms with Gasteiger partial charge in [-0.1, -0.05) is 20.8 Å². The van der Waals surface area contributed by atoms with Crippen LogP contribution in [0.25, 0.3) is 0 Å². The van der Waals surface area contributed by atoms with Crippen molar-refractivity contribution in [3.05, 3.63) is 0 Å². The summed E-state index contributed by atoms with van der Waals surface area (Å²) < 4.78 is 0. The minimum Gasteiger partial charge on any atom is -0.316 e. The third-order valence-electron chi connectivity index (χ3n) is 2.41. The molecular weight excluding hydrogens is 158 g/mol. The van der Waals surface area contributed by atoms with Crippen molar-refractivity contribution in [1.82, 2.24) is 5.32 Å². The summed E-state index contributed by atoms with van der Waals surface area (Å²) in [6.07, 6.45) is 2.77. The lowest BCUT2D eigenvalue weighted by Crippen LogP contribution is -2.27. The lowest BCUT2D eigenvalue weighted by atomic mass is 9.87. The van der Waals surface area contributed by atoms with Crippen LogP contribution < -0.4 is 5.32 Å². The molecule has 68 valence electrons. The Morgan fingerprint density at radius 1 is 1.36 bits per heavy atom. The predicted octanol–water partition coefficient (Wildman–Crippen LogP) is 2.45. The van der Waals surface area contributed by atoms with Gasteiger partial charge in [-0.05, 0) is 30.7 Å². The molecule has 1 fully saturated rings. The zero-order chi connectivity index (χ0) is 7.61. The van der Waals surface area contributed by atoms with Gasteiger partial charge in [0.2, 0.25) is 0 Å². The van der Waals surface area contributed by atoms with Gasteiger partial charge in [0.05, 0.1) is 0 Å². The molecular formula is C9H20ClN. The lowest BCUT2D eigenvalue weighted by molar-refractivity contribution is 0.330. The second kappa shape index (κ2) is 4.32. The first-order valence-electron chi connectivity index (χ1n) is 4.31. The molecule has 0 spiro atoms. The molecule has 0 aromatic carbocycles. The normalized spacial score (nSPS) is 30.3. The molecule has 1 unspecified atom stereocenters. The SMILES string of the molecule is CC1CCC(C)(C)CNC1.Cl. The molecule has 0 aromatic rings. The van der Waals surface area contributed by atoms with E-state index in [1.165, 1.54) is 25.9 Å². The van der Waals surface area contributed by atoms with Crippen molar-refractivity contribution in [2.24, 2.45) is 11.3 Å². The minimum atomic E-state index is 0. The van der Waals surface area contributed by atoms with E-state index in [1.54, 1.807) is 0 Å². The zero-order valence-corrected chi connectivity index (χ0v) is 8.63. The first-order chi connectivity index (χ1) is 4.60. The fourth-order valence-corrected chi connectivity index (χ4v) is 1.48. The van der Waals surface area contributed by atoms with Gasteiger partial charge in [0, 0.05) is 6.54 Å². The molecule has 1 N–H and O–H groups in total. The zero-order valence-electron chi connectivity index (χ0n) is 7.81. The molecule has 0 amide bonds. The summed E-state index contributed by atoms with van der Waals surface area (Å²) in [7, 11) is 0. The van der Waals surface area contributed by atoms with Crippen LogP contribution in [-0.2, 0) is 0 Å². The van der Waals surface area contributed by atoms with Crippen LogP contribution in [0.5, 0.6) is 0 Å². The summed E-state index contributed by atoms with van der Waals surface area (Å²) in [6.45, 7) is 9.42. The van der Waals surface area contributed by atoms with Crippen LogP contribution in [0.1, 0.15) is 33.6 Å². The molecule has 1 aliphatic heterocycles. The van der Waals surface area contributed by atoms with Crippen molar-refractivity contribution >= 4 is 12.4 Å². The molecule has 1 atom stereocenters. The minimum absolute atomic E-state index is 0. The Kier molecular flexibility index (Phi) is 4.42. The smallest absolute Gasteiger partial charge is 0.000263 e. The maximum atomic E-state index is 3.49.